The van der Waals surface area contributed by atoms with E-state index < -0.39 is 0 Å². The lowest BCUT2D eigenvalue weighted by atomic mass is 10.2. The number of para-hydroxylation sites is 1. The number of carbonyl (C=O) groups excluding carboxylic acids is 1. The maximum absolute atomic E-state index is 10.9. The smallest absolute Gasteiger partial charge is 0.218 e. The summed E-state index contributed by atoms with van der Waals surface area (Å²) in [5, 5.41) is 3.91. The number of benzene rings is 1. The van der Waals surface area contributed by atoms with Crippen molar-refractivity contribution in [3.05, 3.63) is 41.8 Å². The van der Waals surface area contributed by atoms with Crippen molar-refractivity contribution in [3.63, 3.8) is 0 Å². The van der Waals surface area contributed by atoms with Gasteiger partial charge in [0.05, 0.1) is 10.4 Å². The van der Waals surface area contributed by atoms with Crippen molar-refractivity contribution >= 4 is 39.9 Å². The monoisotopic (exact) mass is 315 g/mol. The average molecular weight is 315 g/mol. The molecule has 2 N–H and O–H groups in total. The van der Waals surface area contributed by atoms with E-state index in [-0.39, 0.29) is 5.91 Å². The number of fused-ring (bicyclic) bond motifs is 1. The maximum atomic E-state index is 10.9. The first-order valence-electron chi connectivity index (χ1n) is 6.46. The number of hydrogen-bond donors (Lipinski definition) is 1. The molecule has 3 rings (SSSR count). The highest BCUT2D eigenvalue weighted by Gasteiger charge is 2.10. The lowest BCUT2D eigenvalue weighted by Gasteiger charge is -2.07. The minimum atomic E-state index is -0.292. The van der Waals surface area contributed by atoms with Crippen LogP contribution in [-0.2, 0) is 4.79 Å². The molecular weight excluding hydrogens is 302 g/mol. The van der Waals surface area contributed by atoms with Gasteiger partial charge in [0.25, 0.3) is 0 Å². The zero-order valence-corrected chi connectivity index (χ0v) is 12.8. The topological polar surface area (TPSA) is 68.9 Å². The Hall–Kier alpha value is -1.92. The van der Waals surface area contributed by atoms with Gasteiger partial charge in [-0.1, -0.05) is 24.3 Å². The van der Waals surface area contributed by atoms with Gasteiger partial charge in [0.15, 0.2) is 5.82 Å². The van der Waals surface area contributed by atoms with E-state index in [9.17, 15) is 4.79 Å². The van der Waals surface area contributed by atoms with Crippen LogP contribution in [0.3, 0.4) is 0 Å². The number of amides is 1. The number of carbonyl (C=O) groups is 1. The molecule has 1 amide bonds. The van der Waals surface area contributed by atoms with Crippen molar-refractivity contribution in [1.82, 2.24) is 9.97 Å². The first kappa shape index (κ1) is 14.0. The summed E-state index contributed by atoms with van der Waals surface area (Å²) in [6, 6.07) is 11.9. The predicted molar refractivity (Wildman–Crippen MR) is 87.4 cm³/mol. The molecule has 0 radical (unpaired) electrons. The Labute approximate surface area is 130 Å². The molecule has 2 aromatic heterocycles. The summed E-state index contributed by atoms with van der Waals surface area (Å²) in [5.41, 5.74) is 6.11. The van der Waals surface area contributed by atoms with E-state index >= 15 is 0 Å². The minimum absolute atomic E-state index is 0.292. The molecule has 1 aromatic carbocycles. The summed E-state index contributed by atoms with van der Waals surface area (Å²) in [7, 11) is 0. The minimum Gasteiger partial charge on any atom is -0.370 e. The van der Waals surface area contributed by atoms with Gasteiger partial charge in [0, 0.05) is 17.6 Å². The SMILES string of the molecule is NC(=O)CCSc1nc(-c2cccs2)nc2ccccc12. The van der Waals surface area contributed by atoms with Crippen LogP contribution in [0.15, 0.2) is 46.8 Å². The molecule has 2 heterocycles. The fourth-order valence-electron chi connectivity index (χ4n) is 1.92. The Balaban J connectivity index is 2.01. The lowest BCUT2D eigenvalue weighted by Crippen LogP contribution is -2.11. The van der Waals surface area contributed by atoms with Gasteiger partial charge in [-0.2, -0.15) is 0 Å². The van der Waals surface area contributed by atoms with Crippen LogP contribution in [0.5, 0.6) is 0 Å². The number of rotatable bonds is 5. The molecule has 0 saturated heterocycles. The summed E-state index contributed by atoms with van der Waals surface area (Å²) in [5.74, 6) is 1.06. The quantitative estimate of drug-likeness (QED) is 0.579. The summed E-state index contributed by atoms with van der Waals surface area (Å²) in [4.78, 5) is 21.2. The molecule has 0 unspecified atom stereocenters. The largest absolute Gasteiger partial charge is 0.370 e. The molecule has 0 spiro atoms. The summed E-state index contributed by atoms with van der Waals surface area (Å²) in [6.45, 7) is 0. The van der Waals surface area contributed by atoms with Crippen LogP contribution < -0.4 is 5.73 Å². The predicted octanol–water partition coefficient (Wildman–Crippen LogP) is 3.33. The molecule has 0 aliphatic heterocycles. The van der Waals surface area contributed by atoms with Gasteiger partial charge in [-0.05, 0) is 17.5 Å². The normalized spacial score (nSPS) is 10.9. The number of thioether (sulfide) groups is 1. The van der Waals surface area contributed by atoms with Crippen molar-refractivity contribution in [2.75, 3.05) is 5.75 Å². The third-order valence-corrected chi connectivity index (χ3v) is 4.76. The van der Waals surface area contributed by atoms with E-state index in [2.05, 4.69) is 9.97 Å². The molecular formula is C15H13N3OS2. The number of nitrogens with two attached hydrogens (primary N) is 1. The number of primary amides is 1. The Morgan fingerprint density at radius 2 is 2.05 bits per heavy atom. The van der Waals surface area contributed by atoms with Gasteiger partial charge in [-0.25, -0.2) is 9.97 Å². The van der Waals surface area contributed by atoms with Crippen molar-refractivity contribution < 1.29 is 4.79 Å². The van der Waals surface area contributed by atoms with E-state index in [1.807, 2.05) is 41.8 Å². The zero-order chi connectivity index (χ0) is 14.7. The molecule has 0 atom stereocenters. The van der Waals surface area contributed by atoms with Gasteiger partial charge in [0.1, 0.15) is 5.03 Å². The van der Waals surface area contributed by atoms with Crippen molar-refractivity contribution in [2.24, 2.45) is 5.73 Å². The second kappa shape index (κ2) is 6.24. The van der Waals surface area contributed by atoms with Gasteiger partial charge in [0.2, 0.25) is 5.91 Å². The number of thiophene rings is 1. The van der Waals surface area contributed by atoms with Crippen molar-refractivity contribution in [2.45, 2.75) is 11.4 Å². The van der Waals surface area contributed by atoms with E-state index in [4.69, 9.17) is 5.73 Å². The van der Waals surface area contributed by atoms with E-state index in [0.717, 1.165) is 26.6 Å². The highest BCUT2D eigenvalue weighted by Crippen LogP contribution is 2.30. The van der Waals surface area contributed by atoms with Crippen LogP contribution in [-0.4, -0.2) is 21.6 Å². The molecule has 3 aromatic rings. The second-order valence-electron chi connectivity index (χ2n) is 4.41. The van der Waals surface area contributed by atoms with Crippen LogP contribution in [0.2, 0.25) is 0 Å². The molecule has 106 valence electrons. The van der Waals surface area contributed by atoms with Crippen LogP contribution >= 0.6 is 23.1 Å². The Morgan fingerprint density at radius 1 is 1.19 bits per heavy atom. The Kier molecular flexibility index (Phi) is 4.17. The fraction of sp³-hybridized carbons (Fsp3) is 0.133. The lowest BCUT2D eigenvalue weighted by molar-refractivity contribution is -0.117. The molecule has 4 nitrogen and oxygen atoms in total. The summed E-state index contributed by atoms with van der Waals surface area (Å²) < 4.78 is 0. The van der Waals surface area contributed by atoms with E-state index in [0.29, 0.717) is 12.2 Å². The summed E-state index contributed by atoms with van der Waals surface area (Å²) in [6.07, 6.45) is 0.345. The summed E-state index contributed by atoms with van der Waals surface area (Å²) >= 11 is 3.16. The maximum Gasteiger partial charge on any atom is 0.218 e. The number of nitrogens with zero attached hydrogens (tertiary/aromatic N) is 2. The third-order valence-electron chi connectivity index (χ3n) is 2.90. The Bertz CT molecular complexity index is 772. The average Bonchev–Trinajstić information content (AvgIpc) is 3.01. The van der Waals surface area contributed by atoms with Crippen LogP contribution in [0.4, 0.5) is 0 Å². The molecule has 6 heteroatoms. The first-order valence-corrected chi connectivity index (χ1v) is 8.32. The van der Waals surface area contributed by atoms with Crippen LogP contribution in [0.1, 0.15) is 6.42 Å². The van der Waals surface area contributed by atoms with E-state index in [1.54, 1.807) is 23.1 Å². The molecule has 0 bridgehead atoms. The van der Waals surface area contributed by atoms with Crippen LogP contribution in [0, 0.1) is 0 Å². The first-order chi connectivity index (χ1) is 10.2. The standard InChI is InChI=1S/C15H13N3OS2/c16-13(19)7-9-21-15-10-4-1-2-5-11(10)17-14(18-15)12-6-3-8-20-12/h1-6,8H,7,9H2,(H2,16,19). The molecule has 0 fully saturated rings. The second-order valence-corrected chi connectivity index (χ2v) is 6.44. The Morgan fingerprint density at radius 3 is 2.81 bits per heavy atom. The number of aromatic nitrogens is 2. The molecule has 0 saturated carbocycles. The highest BCUT2D eigenvalue weighted by atomic mass is 32.2. The zero-order valence-electron chi connectivity index (χ0n) is 11.2. The highest BCUT2D eigenvalue weighted by molar-refractivity contribution is 7.99. The van der Waals surface area contributed by atoms with Gasteiger partial charge < -0.3 is 5.73 Å². The fourth-order valence-corrected chi connectivity index (χ4v) is 3.56. The van der Waals surface area contributed by atoms with Crippen LogP contribution in [0.25, 0.3) is 21.6 Å². The van der Waals surface area contributed by atoms with Gasteiger partial charge in [-0.15, -0.1) is 23.1 Å². The molecule has 0 aliphatic carbocycles. The van der Waals surface area contributed by atoms with Crippen molar-refractivity contribution in [3.8, 4) is 10.7 Å². The number of hydrogen-bond acceptors (Lipinski definition) is 5. The van der Waals surface area contributed by atoms with Gasteiger partial charge >= 0.3 is 0 Å². The van der Waals surface area contributed by atoms with Crippen molar-refractivity contribution in [1.29, 1.82) is 0 Å². The molecule has 21 heavy (non-hydrogen) atoms. The van der Waals surface area contributed by atoms with Gasteiger partial charge in [-0.3, -0.25) is 4.79 Å². The van der Waals surface area contributed by atoms with E-state index in [1.165, 1.54) is 0 Å². The third kappa shape index (κ3) is 3.22. The molecule has 0 aliphatic rings.